The van der Waals surface area contributed by atoms with Gasteiger partial charge in [0.15, 0.2) is 0 Å². The van der Waals surface area contributed by atoms with Gasteiger partial charge in [0.05, 0.1) is 5.92 Å². The molecule has 3 N–H and O–H groups in total. The van der Waals surface area contributed by atoms with E-state index in [-0.39, 0.29) is 48.7 Å². The Kier molecular flexibility index (Phi) is 7.05. The second-order valence-corrected chi connectivity index (χ2v) is 8.27. The lowest BCUT2D eigenvalue weighted by Crippen LogP contribution is -2.48. The average molecular weight is 451 g/mol. The van der Waals surface area contributed by atoms with Gasteiger partial charge in [-0.3, -0.25) is 4.79 Å². The summed E-state index contributed by atoms with van der Waals surface area (Å²) in [5.41, 5.74) is 7.52. The molecule has 2 bridgehead atoms. The predicted molar refractivity (Wildman–Crippen MR) is 110 cm³/mol. The number of nitrogens with zero attached hydrogens (tertiary/aromatic N) is 1. The van der Waals surface area contributed by atoms with Crippen LogP contribution in [0.4, 0.5) is 5.69 Å². The van der Waals surface area contributed by atoms with E-state index in [1.165, 1.54) is 18.5 Å². The Hall–Kier alpha value is -0.490. The zero-order valence-corrected chi connectivity index (χ0v) is 17.3. The summed E-state index contributed by atoms with van der Waals surface area (Å²) in [5.74, 6) is 1.36. The fourth-order valence-electron chi connectivity index (χ4n) is 4.79. The Morgan fingerprint density at radius 1 is 1.12 bits per heavy atom. The number of hydrogen-bond acceptors (Lipinski definition) is 3. The van der Waals surface area contributed by atoms with Gasteiger partial charge in [0.2, 0.25) is 5.91 Å². The number of hydrogen-bond donors (Lipinski definition) is 2. The van der Waals surface area contributed by atoms with E-state index in [9.17, 15) is 4.79 Å². The molecular formula is C18H26BrCl2N3O. The molecule has 1 aliphatic heterocycles. The largest absolute Gasteiger partial charge is 0.369 e. The van der Waals surface area contributed by atoms with E-state index in [1.54, 1.807) is 0 Å². The summed E-state index contributed by atoms with van der Waals surface area (Å²) in [5, 5.41) is 3.28. The fraction of sp³-hybridized carbons (Fsp3) is 0.611. The van der Waals surface area contributed by atoms with E-state index < -0.39 is 0 Å². The molecule has 3 fully saturated rings. The quantitative estimate of drug-likeness (QED) is 0.742. The lowest BCUT2D eigenvalue weighted by atomic mass is 9.84. The molecule has 25 heavy (non-hydrogen) atoms. The van der Waals surface area contributed by atoms with Crippen LogP contribution in [0.3, 0.4) is 0 Å². The van der Waals surface area contributed by atoms with Gasteiger partial charge >= 0.3 is 0 Å². The maximum absolute atomic E-state index is 12.7. The second kappa shape index (κ2) is 8.47. The van der Waals surface area contributed by atoms with Gasteiger partial charge in [0, 0.05) is 35.3 Å². The van der Waals surface area contributed by atoms with Crippen LogP contribution in [-0.2, 0) is 4.79 Å². The van der Waals surface area contributed by atoms with Crippen LogP contribution < -0.4 is 16.0 Å². The van der Waals surface area contributed by atoms with Gasteiger partial charge in [-0.05, 0) is 61.8 Å². The van der Waals surface area contributed by atoms with Crippen LogP contribution in [0.15, 0.2) is 28.7 Å². The maximum atomic E-state index is 12.7. The smallest absolute Gasteiger partial charge is 0.225 e. The van der Waals surface area contributed by atoms with Crippen LogP contribution in [0.2, 0.25) is 0 Å². The maximum Gasteiger partial charge on any atom is 0.225 e. The van der Waals surface area contributed by atoms with Gasteiger partial charge < -0.3 is 16.0 Å². The van der Waals surface area contributed by atoms with E-state index in [4.69, 9.17) is 5.73 Å². The molecular weight excluding hydrogens is 425 g/mol. The molecule has 7 heteroatoms. The number of nitrogens with one attached hydrogen (secondary N) is 1. The Morgan fingerprint density at radius 2 is 1.80 bits per heavy atom. The first-order valence-electron chi connectivity index (χ1n) is 8.68. The van der Waals surface area contributed by atoms with Crippen molar-refractivity contribution in [1.29, 1.82) is 0 Å². The van der Waals surface area contributed by atoms with Crippen LogP contribution in [0, 0.1) is 17.8 Å². The van der Waals surface area contributed by atoms with Crippen molar-refractivity contribution >= 4 is 52.3 Å². The van der Waals surface area contributed by atoms with Gasteiger partial charge in [-0.25, -0.2) is 0 Å². The monoisotopic (exact) mass is 449 g/mol. The Morgan fingerprint density at radius 3 is 2.44 bits per heavy atom. The minimum absolute atomic E-state index is 0. The number of carbonyl (C=O) groups excluding carboxylic acids is 1. The van der Waals surface area contributed by atoms with Gasteiger partial charge in [0.1, 0.15) is 0 Å². The first-order chi connectivity index (χ1) is 11.1. The zero-order chi connectivity index (χ0) is 16.0. The molecule has 0 aromatic heterocycles. The van der Waals surface area contributed by atoms with Crippen molar-refractivity contribution in [3.05, 3.63) is 28.7 Å². The second-order valence-electron chi connectivity index (χ2n) is 7.35. The number of benzene rings is 1. The van der Waals surface area contributed by atoms with E-state index in [2.05, 4.69) is 50.4 Å². The molecule has 5 atom stereocenters. The van der Waals surface area contributed by atoms with E-state index in [0.717, 1.165) is 30.4 Å². The lowest BCUT2D eigenvalue weighted by Gasteiger charge is -2.28. The zero-order valence-electron chi connectivity index (χ0n) is 14.1. The number of nitrogens with two attached hydrogens (primary N) is 1. The van der Waals surface area contributed by atoms with Gasteiger partial charge in [-0.2, -0.15) is 0 Å². The van der Waals surface area contributed by atoms with Crippen molar-refractivity contribution in [2.45, 2.75) is 37.8 Å². The van der Waals surface area contributed by atoms with Crippen molar-refractivity contribution in [2.75, 3.05) is 18.0 Å². The molecule has 2 saturated carbocycles. The summed E-state index contributed by atoms with van der Waals surface area (Å²) >= 11 is 3.47. The third-order valence-corrected chi connectivity index (χ3v) is 6.54. The summed E-state index contributed by atoms with van der Waals surface area (Å²) in [6, 6.07) is 8.71. The highest BCUT2D eigenvalue weighted by Crippen LogP contribution is 2.47. The van der Waals surface area contributed by atoms with Crippen molar-refractivity contribution < 1.29 is 4.79 Å². The first-order valence-corrected chi connectivity index (χ1v) is 9.47. The summed E-state index contributed by atoms with van der Waals surface area (Å²) in [6.07, 6.45) is 4.58. The third kappa shape index (κ3) is 4.10. The highest BCUT2D eigenvalue weighted by Gasteiger charge is 2.49. The molecule has 1 saturated heterocycles. The highest BCUT2D eigenvalue weighted by atomic mass is 79.9. The highest BCUT2D eigenvalue weighted by molar-refractivity contribution is 9.10. The van der Waals surface area contributed by atoms with E-state index in [0.29, 0.717) is 11.8 Å². The summed E-state index contributed by atoms with van der Waals surface area (Å²) in [4.78, 5) is 15.0. The Bertz CT molecular complexity index is 598. The minimum Gasteiger partial charge on any atom is -0.369 e. The standard InChI is InChI=1S/C18H24BrN3O.2ClH/c19-13-3-5-15(6-4-13)22-8-7-14(10-22)21-18(23)16-11-1-2-12(9-11)17(16)20;;/h3-6,11-12,14,16-17H,1-2,7-10,20H2,(H,21,23);2*1H. The molecule has 4 rings (SSSR count). The van der Waals surface area contributed by atoms with Crippen molar-refractivity contribution in [3.63, 3.8) is 0 Å². The predicted octanol–water partition coefficient (Wildman–Crippen LogP) is 3.36. The number of carbonyl (C=O) groups is 1. The Labute approximate surface area is 170 Å². The SMILES string of the molecule is Cl.Cl.NC1C2CCC(C2)C1C(=O)NC1CCN(c2ccc(Br)cc2)C1. The lowest BCUT2D eigenvalue weighted by molar-refractivity contribution is -0.127. The average Bonchev–Trinajstić information content (AvgIpc) is 3.24. The molecule has 1 aromatic carbocycles. The van der Waals surface area contributed by atoms with Crippen molar-refractivity contribution in [2.24, 2.45) is 23.5 Å². The molecule has 4 nitrogen and oxygen atoms in total. The fourth-order valence-corrected chi connectivity index (χ4v) is 5.05. The summed E-state index contributed by atoms with van der Waals surface area (Å²) in [7, 11) is 0. The van der Waals surface area contributed by atoms with Gasteiger partial charge in [0.25, 0.3) is 0 Å². The number of halogens is 3. The van der Waals surface area contributed by atoms with E-state index >= 15 is 0 Å². The van der Waals surface area contributed by atoms with Crippen molar-refractivity contribution in [3.8, 4) is 0 Å². The molecule has 1 aromatic rings. The number of fused-ring (bicyclic) bond motifs is 2. The molecule has 1 heterocycles. The molecule has 3 aliphatic rings. The molecule has 5 unspecified atom stereocenters. The Balaban J connectivity index is 0.00000113. The topological polar surface area (TPSA) is 58.4 Å². The number of rotatable bonds is 3. The van der Waals surface area contributed by atoms with Crippen molar-refractivity contribution in [1.82, 2.24) is 5.32 Å². The minimum atomic E-state index is 0. The van der Waals surface area contributed by atoms with Crippen LogP contribution in [-0.4, -0.2) is 31.1 Å². The molecule has 0 radical (unpaired) electrons. The number of anilines is 1. The van der Waals surface area contributed by atoms with Gasteiger partial charge in [-0.1, -0.05) is 15.9 Å². The van der Waals surface area contributed by atoms with E-state index in [1.807, 2.05) is 0 Å². The van der Waals surface area contributed by atoms with Crippen LogP contribution >= 0.6 is 40.7 Å². The van der Waals surface area contributed by atoms with Crippen LogP contribution in [0.25, 0.3) is 0 Å². The molecule has 2 aliphatic carbocycles. The van der Waals surface area contributed by atoms with Crippen LogP contribution in [0.5, 0.6) is 0 Å². The molecule has 1 amide bonds. The summed E-state index contributed by atoms with van der Waals surface area (Å²) in [6.45, 7) is 1.89. The normalized spacial score (nSPS) is 32.9. The van der Waals surface area contributed by atoms with Gasteiger partial charge in [-0.15, -0.1) is 24.8 Å². The molecule has 140 valence electrons. The number of amides is 1. The molecule has 0 spiro atoms. The van der Waals surface area contributed by atoms with Crippen LogP contribution in [0.1, 0.15) is 25.7 Å². The summed E-state index contributed by atoms with van der Waals surface area (Å²) < 4.78 is 1.09. The third-order valence-electron chi connectivity index (χ3n) is 6.01. The first kappa shape index (κ1) is 20.8.